The van der Waals surface area contributed by atoms with Gasteiger partial charge in [0.1, 0.15) is 0 Å². The molecular weight excluding hydrogens is 340 g/mol. The van der Waals surface area contributed by atoms with Crippen molar-refractivity contribution in [3.63, 3.8) is 0 Å². The van der Waals surface area contributed by atoms with Crippen LogP contribution in [0.25, 0.3) is 0 Å². The van der Waals surface area contributed by atoms with Gasteiger partial charge in [-0.3, -0.25) is 4.90 Å². The van der Waals surface area contributed by atoms with Crippen molar-refractivity contribution in [3.8, 4) is 0 Å². The van der Waals surface area contributed by atoms with E-state index in [1.165, 1.54) is 29.8 Å². The molecule has 0 N–H and O–H groups in total. The monoisotopic (exact) mass is 380 g/mol. The first kappa shape index (κ1) is 24.0. The minimum absolute atomic E-state index is 0.324. The lowest BCUT2D eigenvalue weighted by atomic mass is 9.81. The number of fused-ring (bicyclic) bond motifs is 3. The van der Waals surface area contributed by atoms with Gasteiger partial charge in [-0.25, -0.2) is 0 Å². The zero-order valence-corrected chi connectivity index (χ0v) is 19.1. The molecule has 0 saturated carbocycles. The van der Waals surface area contributed by atoms with Crippen LogP contribution in [0.1, 0.15) is 50.8 Å². The summed E-state index contributed by atoms with van der Waals surface area (Å²) in [6, 6.07) is 17.3. The average molecular weight is 381 g/mol. The summed E-state index contributed by atoms with van der Waals surface area (Å²) in [6.45, 7) is 18.0. The number of likely N-dealkylation sites (tertiary alicyclic amines) is 1. The molecular formula is C26H40N2. The number of hydrogen-bond donors (Lipinski definition) is 0. The van der Waals surface area contributed by atoms with E-state index in [0.717, 1.165) is 6.42 Å². The van der Waals surface area contributed by atoms with Gasteiger partial charge in [0.25, 0.3) is 0 Å². The van der Waals surface area contributed by atoms with E-state index in [1.807, 2.05) is 19.9 Å². The normalized spacial score (nSPS) is 21.8. The topological polar surface area (TPSA) is 6.48 Å². The third-order valence-electron chi connectivity index (χ3n) is 5.74. The molecule has 2 atom stereocenters. The number of likely N-dealkylation sites (N-methyl/N-ethyl adjacent to an activating group) is 2. The molecule has 2 heterocycles. The molecule has 154 valence electrons. The van der Waals surface area contributed by atoms with Gasteiger partial charge in [0.2, 0.25) is 0 Å². The Labute approximate surface area is 173 Å². The standard InChI is InChI=1S/C14H20N2.C8H10.C2H6.C2H4/c1-10-5-6-12-11(9-10)14(2)7-8-15(3)13(14)16(12)4;1-2-8-6-4-3-5-7-8;2*1-2/h5-6,9,13H,7-8H2,1-4H3;3-7H,2H2,1H3;1-2H3;1-2H2. The number of benzene rings is 2. The third-order valence-corrected chi connectivity index (χ3v) is 5.74. The molecule has 0 amide bonds. The van der Waals surface area contributed by atoms with Crippen LogP contribution < -0.4 is 4.90 Å². The Bertz CT molecular complexity index is 710. The van der Waals surface area contributed by atoms with Crippen molar-refractivity contribution in [3.05, 3.63) is 78.4 Å². The van der Waals surface area contributed by atoms with Crippen LogP contribution in [0.3, 0.4) is 0 Å². The lowest BCUT2D eigenvalue weighted by Crippen LogP contribution is -2.45. The molecule has 0 aromatic heterocycles. The van der Waals surface area contributed by atoms with Crippen LogP contribution >= 0.6 is 0 Å². The zero-order valence-electron chi connectivity index (χ0n) is 19.1. The van der Waals surface area contributed by atoms with Gasteiger partial charge in [0.15, 0.2) is 0 Å². The van der Waals surface area contributed by atoms with E-state index in [-0.39, 0.29) is 0 Å². The minimum atomic E-state index is 0.324. The molecule has 2 aromatic carbocycles. The molecule has 1 fully saturated rings. The lowest BCUT2D eigenvalue weighted by Gasteiger charge is -2.32. The van der Waals surface area contributed by atoms with Crippen LogP contribution in [0.15, 0.2) is 61.7 Å². The maximum absolute atomic E-state index is 3.00. The highest BCUT2D eigenvalue weighted by molar-refractivity contribution is 5.65. The largest absolute Gasteiger partial charge is 0.358 e. The van der Waals surface area contributed by atoms with Crippen molar-refractivity contribution in [1.29, 1.82) is 0 Å². The summed E-state index contributed by atoms with van der Waals surface area (Å²) in [6.07, 6.45) is 2.96. The van der Waals surface area contributed by atoms with Gasteiger partial charge in [-0.05, 0) is 44.0 Å². The molecule has 4 rings (SSSR count). The number of rotatable bonds is 1. The number of anilines is 1. The molecule has 0 radical (unpaired) electrons. The summed E-state index contributed by atoms with van der Waals surface area (Å²) in [5, 5.41) is 0. The number of hydrogen-bond acceptors (Lipinski definition) is 2. The highest BCUT2D eigenvalue weighted by Crippen LogP contribution is 2.50. The first-order chi connectivity index (χ1) is 13.5. The lowest BCUT2D eigenvalue weighted by molar-refractivity contribution is 0.268. The Kier molecular flexibility index (Phi) is 9.48. The Morgan fingerprint density at radius 1 is 1.04 bits per heavy atom. The van der Waals surface area contributed by atoms with E-state index in [4.69, 9.17) is 0 Å². The summed E-state index contributed by atoms with van der Waals surface area (Å²) in [7, 11) is 4.47. The van der Waals surface area contributed by atoms with Crippen LogP contribution in [0, 0.1) is 6.92 Å². The van der Waals surface area contributed by atoms with E-state index >= 15 is 0 Å². The van der Waals surface area contributed by atoms with Crippen LogP contribution in [-0.4, -0.2) is 31.7 Å². The SMILES string of the molecule is C=C.CC.CCc1ccccc1.Cc1ccc2c(c1)C1(C)CCN(C)C1N2C. The van der Waals surface area contributed by atoms with Crippen molar-refractivity contribution in [2.75, 3.05) is 25.5 Å². The average Bonchev–Trinajstić information content (AvgIpc) is 3.17. The second-order valence-electron chi connectivity index (χ2n) is 7.49. The molecule has 2 aliphatic rings. The summed E-state index contributed by atoms with van der Waals surface area (Å²) in [5.41, 5.74) is 6.08. The predicted molar refractivity (Wildman–Crippen MR) is 126 cm³/mol. The van der Waals surface area contributed by atoms with Gasteiger partial charge in [-0.2, -0.15) is 0 Å². The summed E-state index contributed by atoms with van der Waals surface area (Å²) >= 11 is 0. The van der Waals surface area contributed by atoms with Crippen LogP contribution in [-0.2, 0) is 11.8 Å². The van der Waals surface area contributed by atoms with Gasteiger partial charge in [-0.15, -0.1) is 13.2 Å². The van der Waals surface area contributed by atoms with Crippen molar-refractivity contribution >= 4 is 5.69 Å². The van der Waals surface area contributed by atoms with Gasteiger partial charge in [-0.1, -0.05) is 75.7 Å². The molecule has 1 saturated heterocycles. The molecule has 2 aromatic rings. The van der Waals surface area contributed by atoms with Gasteiger partial charge >= 0.3 is 0 Å². The van der Waals surface area contributed by atoms with Gasteiger partial charge in [0.05, 0.1) is 6.17 Å². The molecule has 2 nitrogen and oxygen atoms in total. The fourth-order valence-corrected chi connectivity index (χ4v) is 4.40. The maximum Gasteiger partial charge on any atom is 0.0911 e. The first-order valence-corrected chi connectivity index (χ1v) is 10.6. The van der Waals surface area contributed by atoms with Crippen LogP contribution in [0.2, 0.25) is 0 Å². The summed E-state index contributed by atoms with van der Waals surface area (Å²) in [4.78, 5) is 4.93. The van der Waals surface area contributed by atoms with E-state index in [9.17, 15) is 0 Å². The minimum Gasteiger partial charge on any atom is -0.358 e. The summed E-state index contributed by atoms with van der Waals surface area (Å²) in [5.74, 6) is 0. The smallest absolute Gasteiger partial charge is 0.0911 e. The number of aryl methyl sites for hydroxylation is 2. The van der Waals surface area contributed by atoms with E-state index < -0.39 is 0 Å². The van der Waals surface area contributed by atoms with Crippen molar-refractivity contribution in [1.82, 2.24) is 4.90 Å². The first-order valence-electron chi connectivity index (χ1n) is 10.6. The second-order valence-corrected chi connectivity index (χ2v) is 7.49. The van der Waals surface area contributed by atoms with Crippen molar-refractivity contribution < 1.29 is 0 Å². The predicted octanol–water partition coefficient (Wildman–Crippen LogP) is 6.44. The fourth-order valence-electron chi connectivity index (χ4n) is 4.40. The zero-order chi connectivity index (χ0) is 21.3. The number of nitrogens with zero attached hydrogens (tertiary/aromatic N) is 2. The van der Waals surface area contributed by atoms with Crippen LogP contribution in [0.4, 0.5) is 5.69 Å². The maximum atomic E-state index is 3.00. The van der Waals surface area contributed by atoms with E-state index in [0.29, 0.717) is 11.6 Å². The third kappa shape index (κ3) is 4.86. The fraction of sp³-hybridized carbons (Fsp3) is 0.462. The molecule has 2 heteroatoms. The molecule has 0 aliphatic carbocycles. The quantitative estimate of drug-likeness (QED) is 0.525. The van der Waals surface area contributed by atoms with E-state index in [1.54, 1.807) is 5.56 Å². The second kappa shape index (κ2) is 11.1. The van der Waals surface area contributed by atoms with Crippen molar-refractivity contribution in [2.45, 2.75) is 59.0 Å². The Balaban J connectivity index is 0.000000277. The Morgan fingerprint density at radius 2 is 1.64 bits per heavy atom. The molecule has 2 aliphatic heterocycles. The van der Waals surface area contributed by atoms with Gasteiger partial charge in [0, 0.05) is 24.7 Å². The Hall–Kier alpha value is -2.06. The highest BCUT2D eigenvalue weighted by atomic mass is 15.4. The van der Waals surface area contributed by atoms with Crippen molar-refractivity contribution in [2.24, 2.45) is 0 Å². The Morgan fingerprint density at radius 3 is 2.18 bits per heavy atom. The molecule has 0 bridgehead atoms. The highest BCUT2D eigenvalue weighted by Gasteiger charge is 2.51. The molecule has 2 unspecified atom stereocenters. The van der Waals surface area contributed by atoms with E-state index in [2.05, 4.69) is 100 Å². The summed E-state index contributed by atoms with van der Waals surface area (Å²) < 4.78 is 0. The molecule has 28 heavy (non-hydrogen) atoms. The molecule has 0 spiro atoms. The van der Waals surface area contributed by atoms with Gasteiger partial charge < -0.3 is 4.90 Å². The van der Waals surface area contributed by atoms with Crippen LogP contribution in [0.5, 0.6) is 0 Å².